The molecule has 6 heteroatoms. The van der Waals surface area contributed by atoms with Gasteiger partial charge < -0.3 is 4.74 Å². The van der Waals surface area contributed by atoms with Crippen molar-refractivity contribution in [2.45, 2.75) is 6.92 Å². The summed E-state index contributed by atoms with van der Waals surface area (Å²) >= 11 is 0. The fourth-order valence-corrected chi connectivity index (χ4v) is 1.11. The molecule has 0 N–H and O–H groups in total. The lowest BCUT2D eigenvalue weighted by Crippen LogP contribution is -2.25. The Balaban J connectivity index is 2.70. The van der Waals surface area contributed by atoms with E-state index in [1.54, 1.807) is 25.3 Å². The summed E-state index contributed by atoms with van der Waals surface area (Å²) in [6.07, 6.45) is 4.97. The van der Waals surface area contributed by atoms with Crippen LogP contribution in [0.15, 0.2) is 41.3 Å². The Hall–Kier alpha value is -2.24. The molecule has 0 aliphatic heterocycles. The van der Waals surface area contributed by atoms with Crippen LogP contribution >= 0.6 is 0 Å². The monoisotopic (exact) mass is 251 g/mol. The van der Waals surface area contributed by atoms with E-state index in [0.29, 0.717) is 22.9 Å². The van der Waals surface area contributed by atoms with Crippen LogP contribution in [-0.2, 0) is 4.79 Å². The van der Waals surface area contributed by atoms with Gasteiger partial charge in [0.1, 0.15) is 18.6 Å². The molecule has 1 rings (SSSR count). The molecule has 0 aliphatic rings. The van der Waals surface area contributed by atoms with Crippen LogP contribution in [0.4, 0.5) is 4.48 Å². The van der Waals surface area contributed by atoms with E-state index < -0.39 is 0 Å². The Kier molecular flexibility index (Phi) is 5.50. The molecule has 5 nitrogen and oxygen atoms in total. The third-order valence-electron chi connectivity index (χ3n) is 1.97. The Morgan fingerprint density at radius 3 is 3.00 bits per heavy atom. The van der Waals surface area contributed by atoms with Crippen molar-refractivity contribution < 1.29 is 14.0 Å². The van der Waals surface area contributed by atoms with E-state index in [4.69, 9.17) is 4.74 Å². The number of allylic oxidation sites excluding steroid dienone is 2. The third-order valence-corrected chi connectivity index (χ3v) is 1.97. The molecule has 0 atom stereocenters. The topological polar surface area (TPSA) is 54.8 Å². The van der Waals surface area contributed by atoms with Gasteiger partial charge >= 0.3 is 0 Å². The molecule has 18 heavy (non-hydrogen) atoms. The summed E-state index contributed by atoms with van der Waals surface area (Å²) in [6.45, 7) is 1.55. The lowest BCUT2D eigenvalue weighted by Gasteiger charge is -2.12. The van der Waals surface area contributed by atoms with E-state index in [-0.39, 0.29) is 12.4 Å². The SMILES string of the molecule is C/C(=C/C=O)N=C(COc1cccnc1)N(C)F. The standard InChI is InChI=1S/C12H14FN3O2/c1-10(5-7-17)15-12(16(2)13)9-18-11-4-3-6-14-8-11/h3-8H,9H2,1-2H3/b10-5-,15-12?. The number of halogens is 1. The Morgan fingerprint density at radius 1 is 1.67 bits per heavy atom. The Labute approximate surface area is 105 Å². The van der Waals surface area contributed by atoms with Crippen LogP contribution in [0.3, 0.4) is 0 Å². The first-order valence-corrected chi connectivity index (χ1v) is 5.25. The average molecular weight is 251 g/mol. The van der Waals surface area contributed by atoms with Crippen molar-refractivity contribution in [3.8, 4) is 5.75 Å². The summed E-state index contributed by atoms with van der Waals surface area (Å²) in [4.78, 5) is 18.1. The predicted octanol–water partition coefficient (Wildman–Crippen LogP) is 1.78. The van der Waals surface area contributed by atoms with Crippen LogP contribution in [-0.4, -0.2) is 35.9 Å². The first-order valence-electron chi connectivity index (χ1n) is 5.25. The number of nitrogens with zero attached hydrogens (tertiary/aromatic N) is 3. The van der Waals surface area contributed by atoms with E-state index in [1.165, 1.54) is 19.3 Å². The number of carbonyl (C=O) groups excluding carboxylic acids is 1. The van der Waals surface area contributed by atoms with Gasteiger partial charge in [-0.2, -0.15) is 5.12 Å². The van der Waals surface area contributed by atoms with Gasteiger partial charge in [-0.25, -0.2) is 4.99 Å². The molecule has 0 fully saturated rings. The fourth-order valence-electron chi connectivity index (χ4n) is 1.11. The van der Waals surface area contributed by atoms with Crippen molar-refractivity contribution in [1.82, 2.24) is 10.1 Å². The molecule has 1 heterocycles. The van der Waals surface area contributed by atoms with Crippen LogP contribution in [0.1, 0.15) is 6.92 Å². The van der Waals surface area contributed by atoms with E-state index >= 15 is 0 Å². The minimum absolute atomic E-state index is 0.0528. The number of pyridine rings is 1. The highest BCUT2D eigenvalue weighted by Gasteiger charge is 2.07. The number of aromatic nitrogens is 1. The fraction of sp³-hybridized carbons (Fsp3) is 0.250. The summed E-state index contributed by atoms with van der Waals surface area (Å²) in [5, 5.41) is 0.346. The molecule has 1 aromatic rings. The maximum atomic E-state index is 13.2. The van der Waals surface area contributed by atoms with Crippen LogP contribution in [0.2, 0.25) is 0 Å². The van der Waals surface area contributed by atoms with Gasteiger partial charge in [0.05, 0.1) is 6.20 Å². The second kappa shape index (κ2) is 7.16. The lowest BCUT2D eigenvalue weighted by atomic mass is 10.4. The van der Waals surface area contributed by atoms with Crippen molar-refractivity contribution in [1.29, 1.82) is 0 Å². The van der Waals surface area contributed by atoms with E-state index in [9.17, 15) is 9.28 Å². The zero-order valence-electron chi connectivity index (χ0n) is 10.2. The van der Waals surface area contributed by atoms with Gasteiger partial charge in [0.2, 0.25) is 0 Å². The van der Waals surface area contributed by atoms with E-state index in [2.05, 4.69) is 9.98 Å². The van der Waals surface area contributed by atoms with Gasteiger partial charge in [0, 0.05) is 18.9 Å². The second-order valence-corrected chi connectivity index (χ2v) is 3.43. The Bertz CT molecular complexity index is 444. The largest absolute Gasteiger partial charge is 0.484 e. The van der Waals surface area contributed by atoms with Gasteiger partial charge in [-0.3, -0.25) is 9.78 Å². The van der Waals surface area contributed by atoms with Crippen LogP contribution in [0, 0.1) is 0 Å². The average Bonchev–Trinajstić information content (AvgIpc) is 2.35. The highest BCUT2D eigenvalue weighted by atomic mass is 19.2. The zero-order chi connectivity index (χ0) is 13.4. The summed E-state index contributed by atoms with van der Waals surface area (Å²) in [5.41, 5.74) is 0.402. The summed E-state index contributed by atoms with van der Waals surface area (Å²) in [7, 11) is 1.21. The highest BCUT2D eigenvalue weighted by Crippen LogP contribution is 2.07. The number of carbonyl (C=O) groups is 1. The normalized spacial score (nSPS) is 12.2. The number of aliphatic imine (C=N–C) groups is 1. The molecule has 0 spiro atoms. The van der Waals surface area contributed by atoms with Crippen molar-refractivity contribution in [2.75, 3.05) is 13.7 Å². The summed E-state index contributed by atoms with van der Waals surface area (Å²) < 4.78 is 18.5. The van der Waals surface area contributed by atoms with E-state index in [0.717, 1.165) is 0 Å². The Morgan fingerprint density at radius 2 is 2.44 bits per heavy atom. The van der Waals surface area contributed by atoms with Crippen LogP contribution < -0.4 is 4.74 Å². The molecule has 0 bridgehead atoms. The quantitative estimate of drug-likeness (QED) is 0.263. The van der Waals surface area contributed by atoms with Gasteiger partial charge in [0.15, 0.2) is 5.84 Å². The number of amidine groups is 1. The summed E-state index contributed by atoms with van der Waals surface area (Å²) in [6, 6.07) is 3.42. The number of likely N-dealkylation sites (N-methyl/N-ethyl adjacent to an activating group) is 1. The number of aldehydes is 1. The molecule has 0 radical (unpaired) electrons. The predicted molar refractivity (Wildman–Crippen MR) is 65.9 cm³/mol. The van der Waals surface area contributed by atoms with Gasteiger partial charge in [-0.05, 0) is 25.1 Å². The molecule has 0 saturated heterocycles. The maximum absolute atomic E-state index is 13.2. The second-order valence-electron chi connectivity index (χ2n) is 3.43. The third kappa shape index (κ3) is 4.73. The molecule has 0 aliphatic carbocycles. The zero-order valence-corrected chi connectivity index (χ0v) is 10.2. The molecule has 0 amide bonds. The lowest BCUT2D eigenvalue weighted by molar-refractivity contribution is -0.104. The number of hydrogen-bond acceptors (Lipinski definition) is 4. The highest BCUT2D eigenvalue weighted by molar-refractivity contribution is 5.84. The summed E-state index contributed by atoms with van der Waals surface area (Å²) in [5.74, 6) is 0.582. The van der Waals surface area contributed by atoms with Crippen molar-refractivity contribution in [3.05, 3.63) is 36.3 Å². The first kappa shape index (κ1) is 13.8. The molecule has 0 saturated carbocycles. The van der Waals surface area contributed by atoms with Gasteiger partial charge in [-0.15, -0.1) is 0 Å². The minimum atomic E-state index is -0.0528. The number of rotatable bonds is 5. The van der Waals surface area contributed by atoms with Crippen molar-refractivity contribution >= 4 is 12.1 Å². The maximum Gasteiger partial charge on any atom is 0.171 e. The molecule has 0 unspecified atom stereocenters. The first-order chi connectivity index (χ1) is 8.63. The molecular formula is C12H14FN3O2. The van der Waals surface area contributed by atoms with Crippen molar-refractivity contribution in [2.24, 2.45) is 4.99 Å². The molecule has 0 aromatic carbocycles. The van der Waals surface area contributed by atoms with Crippen molar-refractivity contribution in [3.63, 3.8) is 0 Å². The number of ether oxygens (including phenoxy) is 1. The molecule has 96 valence electrons. The van der Waals surface area contributed by atoms with Crippen LogP contribution in [0.25, 0.3) is 0 Å². The smallest absolute Gasteiger partial charge is 0.171 e. The number of hydrogen-bond donors (Lipinski definition) is 0. The minimum Gasteiger partial charge on any atom is -0.484 e. The van der Waals surface area contributed by atoms with Gasteiger partial charge in [0.25, 0.3) is 0 Å². The van der Waals surface area contributed by atoms with Crippen LogP contribution in [0.5, 0.6) is 5.75 Å². The molecule has 1 aromatic heterocycles. The molecular weight excluding hydrogens is 237 g/mol. The van der Waals surface area contributed by atoms with Gasteiger partial charge in [-0.1, -0.05) is 4.48 Å². The van der Waals surface area contributed by atoms with E-state index in [1.807, 2.05) is 0 Å².